The molecule has 68 heavy (non-hydrogen) atoms. The lowest BCUT2D eigenvalue weighted by Gasteiger charge is -2.41. The predicted molar refractivity (Wildman–Crippen MR) is 275 cm³/mol. The maximum absolute atomic E-state index is 12.9. The molecule has 0 saturated carbocycles. The van der Waals surface area contributed by atoms with E-state index in [2.05, 4.69) is 127 Å². The molecule has 4 N–H and O–H groups in total. The third kappa shape index (κ3) is 37.6. The number of carbonyl (C=O) groups excluding carboxylic acids is 1. The first-order chi connectivity index (χ1) is 33.1. The van der Waals surface area contributed by atoms with Gasteiger partial charge in [-0.2, -0.15) is 8.42 Å². The molecule has 0 aromatic rings. The first-order valence-corrected chi connectivity index (χ1v) is 27.0. The van der Waals surface area contributed by atoms with E-state index in [1.165, 1.54) is 19.3 Å². The van der Waals surface area contributed by atoms with Gasteiger partial charge in [-0.15, -0.1) is 0 Å². The number of ether oxygens (including phenoxy) is 4. The average Bonchev–Trinajstić information content (AvgIpc) is 3.31. The molecule has 0 aromatic heterocycles. The van der Waals surface area contributed by atoms with E-state index < -0.39 is 59.8 Å². The third-order valence-electron chi connectivity index (χ3n) is 10.9. The SMILES string of the molecule is CC/C=C\C/C=C\C/C=C\C/C=C\C/C=C\CCCCCCCC(=O)OC(COCCCCCCCCC/C=C\C/C=C\C/C=C\C/C=C\CC)COC1OC(CO)C(O)C(OS(=O)(=O)O)C1O. The second kappa shape index (κ2) is 44.9. The molecule has 388 valence electrons. The Bertz CT molecular complexity index is 1590. The Morgan fingerprint density at radius 3 is 1.41 bits per heavy atom. The Morgan fingerprint density at radius 2 is 0.971 bits per heavy atom. The number of rotatable bonds is 43. The topological polar surface area (TPSA) is 178 Å². The fourth-order valence-corrected chi connectivity index (χ4v) is 7.61. The highest BCUT2D eigenvalue weighted by molar-refractivity contribution is 7.80. The highest BCUT2D eigenvalue weighted by Crippen LogP contribution is 2.26. The lowest BCUT2D eigenvalue weighted by Crippen LogP contribution is -2.60. The van der Waals surface area contributed by atoms with Crippen LogP contribution < -0.4 is 0 Å². The Morgan fingerprint density at radius 1 is 0.559 bits per heavy atom. The van der Waals surface area contributed by atoms with Gasteiger partial charge in [0.15, 0.2) is 6.29 Å². The second-order valence-corrected chi connectivity index (χ2v) is 18.0. The molecule has 0 spiro atoms. The van der Waals surface area contributed by atoms with E-state index >= 15 is 0 Å². The lowest BCUT2D eigenvalue weighted by atomic mass is 9.99. The van der Waals surface area contributed by atoms with Crippen LogP contribution in [0, 0.1) is 0 Å². The van der Waals surface area contributed by atoms with E-state index in [0.29, 0.717) is 13.0 Å². The molecule has 0 amide bonds. The van der Waals surface area contributed by atoms with Gasteiger partial charge >= 0.3 is 16.4 Å². The van der Waals surface area contributed by atoms with E-state index in [1.807, 2.05) is 0 Å². The molecule has 1 fully saturated rings. The number of carbonyl (C=O) groups is 1. The predicted octanol–water partition coefficient (Wildman–Crippen LogP) is 12.0. The van der Waals surface area contributed by atoms with Gasteiger partial charge in [0.2, 0.25) is 0 Å². The van der Waals surface area contributed by atoms with Crippen molar-refractivity contribution in [3.63, 3.8) is 0 Å². The van der Waals surface area contributed by atoms with Gasteiger partial charge < -0.3 is 34.3 Å². The quantitative estimate of drug-likeness (QED) is 0.0197. The number of hydrogen-bond donors (Lipinski definition) is 4. The van der Waals surface area contributed by atoms with Gasteiger partial charge in [0.05, 0.1) is 19.8 Å². The van der Waals surface area contributed by atoms with E-state index in [9.17, 15) is 33.1 Å². The summed E-state index contributed by atoms with van der Waals surface area (Å²) >= 11 is 0. The first-order valence-electron chi connectivity index (χ1n) is 25.6. The average molecular weight is 975 g/mol. The van der Waals surface area contributed by atoms with Gasteiger partial charge in [-0.1, -0.05) is 175 Å². The smallest absolute Gasteiger partial charge is 0.397 e. The van der Waals surface area contributed by atoms with Crippen molar-refractivity contribution >= 4 is 16.4 Å². The van der Waals surface area contributed by atoms with Gasteiger partial charge in [0.25, 0.3) is 0 Å². The molecule has 1 aliphatic rings. The summed E-state index contributed by atoms with van der Waals surface area (Å²) in [6, 6.07) is 0. The Hall–Kier alpha value is -3.24. The van der Waals surface area contributed by atoms with Crippen LogP contribution in [0.25, 0.3) is 0 Å². The van der Waals surface area contributed by atoms with Crippen molar-refractivity contribution in [1.29, 1.82) is 0 Å². The molecule has 0 bridgehead atoms. The van der Waals surface area contributed by atoms with Crippen molar-refractivity contribution in [2.75, 3.05) is 26.4 Å². The van der Waals surface area contributed by atoms with Crippen LogP contribution in [-0.4, -0.2) is 97.5 Å². The van der Waals surface area contributed by atoms with Gasteiger partial charge in [-0.05, 0) is 96.3 Å². The summed E-state index contributed by atoms with van der Waals surface area (Å²) < 4.78 is 59.2. The molecule has 6 atom stereocenters. The maximum atomic E-state index is 12.9. The van der Waals surface area contributed by atoms with Crippen LogP contribution in [0.2, 0.25) is 0 Å². The van der Waals surface area contributed by atoms with Crippen LogP contribution >= 0.6 is 0 Å². The zero-order valence-electron chi connectivity index (χ0n) is 41.6. The fourth-order valence-electron chi connectivity index (χ4n) is 7.10. The largest absolute Gasteiger partial charge is 0.457 e. The Kier molecular flexibility index (Phi) is 41.5. The van der Waals surface area contributed by atoms with Crippen molar-refractivity contribution in [3.05, 3.63) is 109 Å². The normalized spacial score (nSPS) is 20.2. The minimum Gasteiger partial charge on any atom is -0.457 e. The number of aliphatic hydroxyl groups excluding tert-OH is 3. The number of unbranched alkanes of at least 4 members (excludes halogenated alkanes) is 12. The van der Waals surface area contributed by atoms with E-state index in [-0.39, 0.29) is 19.6 Å². The minimum atomic E-state index is -5.08. The number of aliphatic hydroxyl groups is 3. The summed E-state index contributed by atoms with van der Waals surface area (Å²) in [5.74, 6) is -0.427. The molecule has 12 nitrogen and oxygen atoms in total. The third-order valence-corrected chi connectivity index (χ3v) is 11.4. The van der Waals surface area contributed by atoms with Crippen LogP contribution in [0.15, 0.2) is 109 Å². The molecule has 13 heteroatoms. The van der Waals surface area contributed by atoms with Gasteiger partial charge in [0.1, 0.15) is 30.5 Å². The van der Waals surface area contributed by atoms with Crippen molar-refractivity contribution in [1.82, 2.24) is 0 Å². The maximum Gasteiger partial charge on any atom is 0.397 e. The highest BCUT2D eigenvalue weighted by atomic mass is 32.3. The monoisotopic (exact) mass is 975 g/mol. The molecule has 1 aliphatic heterocycles. The van der Waals surface area contributed by atoms with Crippen molar-refractivity contribution in [2.24, 2.45) is 0 Å². The van der Waals surface area contributed by atoms with Gasteiger partial charge in [-0.3, -0.25) is 9.35 Å². The number of allylic oxidation sites excluding steroid dienone is 18. The van der Waals surface area contributed by atoms with Crippen LogP contribution in [0.1, 0.15) is 168 Å². The lowest BCUT2D eigenvalue weighted by molar-refractivity contribution is -0.301. The second-order valence-electron chi connectivity index (χ2n) is 17.0. The zero-order chi connectivity index (χ0) is 49.6. The summed E-state index contributed by atoms with van der Waals surface area (Å²) in [6.07, 6.45) is 54.0. The summed E-state index contributed by atoms with van der Waals surface area (Å²) in [4.78, 5) is 12.9. The first kappa shape index (κ1) is 62.8. The van der Waals surface area contributed by atoms with E-state index in [1.54, 1.807) is 0 Å². The molecule has 0 aromatic carbocycles. The summed E-state index contributed by atoms with van der Waals surface area (Å²) in [7, 11) is -5.08. The van der Waals surface area contributed by atoms with E-state index in [0.717, 1.165) is 122 Å². The molecule has 6 unspecified atom stereocenters. The molecule has 1 saturated heterocycles. The number of esters is 1. The van der Waals surface area contributed by atoms with Gasteiger partial charge in [0, 0.05) is 13.0 Å². The van der Waals surface area contributed by atoms with Crippen LogP contribution in [0.3, 0.4) is 0 Å². The summed E-state index contributed by atoms with van der Waals surface area (Å²) in [6.45, 7) is 3.70. The van der Waals surface area contributed by atoms with Gasteiger partial charge in [-0.25, -0.2) is 4.18 Å². The molecule has 0 radical (unpaired) electrons. The number of hydrogen-bond acceptors (Lipinski definition) is 11. The zero-order valence-corrected chi connectivity index (χ0v) is 42.4. The van der Waals surface area contributed by atoms with E-state index in [4.69, 9.17) is 18.9 Å². The molecule has 1 heterocycles. The Labute approximate surface area is 411 Å². The van der Waals surface area contributed by atoms with Crippen molar-refractivity contribution in [2.45, 2.75) is 205 Å². The molecule has 1 rings (SSSR count). The molecular weight excluding hydrogens is 885 g/mol. The van der Waals surface area contributed by atoms with Crippen LogP contribution in [-0.2, 0) is 38.3 Å². The molecular formula is C55H90O12S. The standard InChI is InChI=1S/C55H90O12S/c1-3-5-7-9-11-13-15-17-19-21-23-25-26-28-30-32-34-36-38-40-42-44-51(57)65-49(48-64-55-53(59)54(67-68(60,61)62)52(58)50(46-56)66-55)47-63-45-43-41-39-37-35-33-31-29-27-24-22-20-18-16-14-12-10-8-6-4-2/h5-8,11-14,17-20,23-25,27-28,30,49-50,52-56,58-59H,3-4,9-10,15-16,21-22,26,29,31-48H2,1-2H3,(H,60,61,62)/b7-5-,8-6-,13-11-,14-12-,19-17-,20-18-,25-23-,27-24-,30-28-. The fraction of sp³-hybridized carbons (Fsp3) is 0.655. The van der Waals surface area contributed by atoms with Crippen molar-refractivity contribution in [3.8, 4) is 0 Å². The van der Waals surface area contributed by atoms with Crippen LogP contribution in [0.4, 0.5) is 0 Å². The Balaban J connectivity index is 2.40. The summed E-state index contributed by atoms with van der Waals surface area (Å²) in [5.41, 5.74) is 0. The summed E-state index contributed by atoms with van der Waals surface area (Å²) in [5, 5.41) is 30.8. The highest BCUT2D eigenvalue weighted by Gasteiger charge is 2.48. The minimum absolute atomic E-state index is 0.0126. The molecule has 0 aliphatic carbocycles. The van der Waals surface area contributed by atoms with Crippen molar-refractivity contribution < 1.29 is 56.2 Å². The van der Waals surface area contributed by atoms with Crippen LogP contribution in [0.5, 0.6) is 0 Å².